The third-order valence-corrected chi connectivity index (χ3v) is 3.87. The fourth-order valence-electron chi connectivity index (χ4n) is 1.81. The van der Waals surface area contributed by atoms with Crippen molar-refractivity contribution in [3.8, 4) is 11.4 Å². The van der Waals surface area contributed by atoms with Gasteiger partial charge < -0.3 is 10.6 Å². The second-order valence-corrected chi connectivity index (χ2v) is 5.34. The van der Waals surface area contributed by atoms with Crippen LogP contribution < -0.4 is 5.73 Å². The number of unbranched alkanes of at least 4 members (excludes halogenated alkanes) is 1. The molecule has 0 fully saturated rings. The lowest BCUT2D eigenvalue weighted by molar-refractivity contribution is 0.0799. The molecule has 0 spiro atoms. The van der Waals surface area contributed by atoms with Crippen LogP contribution in [-0.2, 0) is 0 Å². The summed E-state index contributed by atoms with van der Waals surface area (Å²) < 4.78 is 4.28. The SMILES string of the molecule is CCCCN(C)C(=O)c1snc(-c2ccccn2)c1N. The summed E-state index contributed by atoms with van der Waals surface area (Å²) in [5.74, 6) is -0.0735. The molecule has 2 heterocycles. The summed E-state index contributed by atoms with van der Waals surface area (Å²) in [5, 5.41) is 0. The van der Waals surface area contributed by atoms with Crippen molar-refractivity contribution in [2.75, 3.05) is 19.3 Å². The number of hydrogen-bond acceptors (Lipinski definition) is 5. The van der Waals surface area contributed by atoms with Crippen molar-refractivity contribution in [1.29, 1.82) is 0 Å². The molecule has 2 aromatic rings. The fraction of sp³-hybridized carbons (Fsp3) is 0.357. The highest BCUT2D eigenvalue weighted by atomic mass is 32.1. The van der Waals surface area contributed by atoms with Gasteiger partial charge in [0, 0.05) is 19.8 Å². The van der Waals surface area contributed by atoms with Crippen molar-refractivity contribution < 1.29 is 4.79 Å². The van der Waals surface area contributed by atoms with E-state index in [4.69, 9.17) is 5.73 Å². The second kappa shape index (κ2) is 6.47. The molecule has 0 bridgehead atoms. The van der Waals surface area contributed by atoms with E-state index >= 15 is 0 Å². The van der Waals surface area contributed by atoms with Gasteiger partial charge in [-0.25, -0.2) is 0 Å². The number of nitrogens with two attached hydrogens (primary N) is 1. The topological polar surface area (TPSA) is 72.1 Å². The molecule has 1 amide bonds. The fourth-order valence-corrected chi connectivity index (χ4v) is 2.61. The van der Waals surface area contributed by atoms with Gasteiger partial charge in [0.05, 0.1) is 11.4 Å². The van der Waals surface area contributed by atoms with Gasteiger partial charge in [-0.1, -0.05) is 19.4 Å². The van der Waals surface area contributed by atoms with E-state index in [2.05, 4.69) is 16.3 Å². The van der Waals surface area contributed by atoms with Crippen LogP contribution in [0.25, 0.3) is 11.4 Å². The molecule has 0 saturated heterocycles. The lowest BCUT2D eigenvalue weighted by Gasteiger charge is -2.15. The number of carbonyl (C=O) groups excluding carboxylic acids is 1. The van der Waals surface area contributed by atoms with E-state index in [1.807, 2.05) is 18.2 Å². The highest BCUT2D eigenvalue weighted by Crippen LogP contribution is 2.30. The molecule has 0 aliphatic carbocycles. The number of anilines is 1. The molecule has 106 valence electrons. The Bertz CT molecular complexity index is 582. The predicted molar refractivity (Wildman–Crippen MR) is 81.6 cm³/mol. The number of aromatic nitrogens is 2. The summed E-state index contributed by atoms with van der Waals surface area (Å²) >= 11 is 1.13. The first-order valence-electron chi connectivity index (χ1n) is 6.57. The maximum Gasteiger partial charge on any atom is 0.267 e. The summed E-state index contributed by atoms with van der Waals surface area (Å²) in [6.07, 6.45) is 3.71. The zero-order valence-corrected chi connectivity index (χ0v) is 12.5. The Labute approximate surface area is 122 Å². The molecule has 2 rings (SSSR count). The van der Waals surface area contributed by atoms with Crippen LogP contribution in [0.1, 0.15) is 29.4 Å². The summed E-state index contributed by atoms with van der Waals surface area (Å²) in [5.41, 5.74) is 7.76. The van der Waals surface area contributed by atoms with E-state index in [9.17, 15) is 4.79 Å². The monoisotopic (exact) mass is 290 g/mol. The lowest BCUT2D eigenvalue weighted by atomic mass is 10.2. The molecular formula is C14H18N4OS. The van der Waals surface area contributed by atoms with Gasteiger partial charge in [0.1, 0.15) is 10.6 Å². The minimum Gasteiger partial charge on any atom is -0.396 e. The number of nitrogen functional groups attached to an aromatic ring is 1. The van der Waals surface area contributed by atoms with Crippen LogP contribution in [0.15, 0.2) is 24.4 Å². The average molecular weight is 290 g/mol. The van der Waals surface area contributed by atoms with Gasteiger partial charge in [-0.3, -0.25) is 9.78 Å². The van der Waals surface area contributed by atoms with Crippen molar-refractivity contribution in [2.45, 2.75) is 19.8 Å². The largest absolute Gasteiger partial charge is 0.396 e. The van der Waals surface area contributed by atoms with Crippen molar-refractivity contribution in [2.24, 2.45) is 0 Å². The Kier molecular flexibility index (Phi) is 4.68. The first-order chi connectivity index (χ1) is 9.65. The van der Waals surface area contributed by atoms with Crippen molar-refractivity contribution >= 4 is 23.1 Å². The maximum atomic E-state index is 12.3. The van der Waals surface area contributed by atoms with Crippen LogP contribution in [0.4, 0.5) is 5.69 Å². The molecule has 0 aromatic carbocycles. The molecule has 0 atom stereocenters. The van der Waals surface area contributed by atoms with Gasteiger partial charge in [0.25, 0.3) is 5.91 Å². The van der Waals surface area contributed by atoms with Crippen LogP contribution in [0.2, 0.25) is 0 Å². The summed E-state index contributed by atoms with van der Waals surface area (Å²) in [7, 11) is 1.79. The first-order valence-corrected chi connectivity index (χ1v) is 7.34. The third kappa shape index (κ3) is 2.96. The molecule has 0 aliphatic rings. The van der Waals surface area contributed by atoms with E-state index in [0.717, 1.165) is 30.9 Å². The number of amides is 1. The molecule has 0 radical (unpaired) electrons. The summed E-state index contributed by atoms with van der Waals surface area (Å²) in [6.45, 7) is 2.82. The third-order valence-electron chi connectivity index (χ3n) is 3.02. The van der Waals surface area contributed by atoms with Crippen LogP contribution in [0.5, 0.6) is 0 Å². The molecule has 0 saturated carbocycles. The van der Waals surface area contributed by atoms with Crippen molar-refractivity contribution in [3.05, 3.63) is 29.3 Å². The van der Waals surface area contributed by atoms with Gasteiger partial charge >= 0.3 is 0 Å². The smallest absolute Gasteiger partial charge is 0.267 e. The molecule has 6 heteroatoms. The Morgan fingerprint density at radius 3 is 2.90 bits per heavy atom. The Balaban J connectivity index is 2.23. The lowest BCUT2D eigenvalue weighted by Crippen LogP contribution is -2.27. The van der Waals surface area contributed by atoms with Crippen LogP contribution in [0, 0.1) is 0 Å². The minimum absolute atomic E-state index is 0.0735. The normalized spacial score (nSPS) is 10.5. The van der Waals surface area contributed by atoms with E-state index in [-0.39, 0.29) is 5.91 Å². The average Bonchev–Trinajstić information content (AvgIpc) is 2.86. The van der Waals surface area contributed by atoms with Gasteiger partial charge in [-0.05, 0) is 30.1 Å². The van der Waals surface area contributed by atoms with Gasteiger partial charge in [0.15, 0.2) is 0 Å². The minimum atomic E-state index is -0.0735. The maximum absolute atomic E-state index is 12.3. The molecule has 2 aromatic heterocycles. The van der Waals surface area contributed by atoms with E-state index in [1.54, 1.807) is 18.1 Å². The highest BCUT2D eigenvalue weighted by Gasteiger charge is 2.21. The molecule has 0 aliphatic heterocycles. The predicted octanol–water partition coefficient (Wildman–Crippen LogP) is 2.66. The zero-order valence-electron chi connectivity index (χ0n) is 11.7. The molecule has 2 N–H and O–H groups in total. The highest BCUT2D eigenvalue weighted by molar-refractivity contribution is 7.09. The van der Waals surface area contributed by atoms with Crippen LogP contribution >= 0.6 is 11.5 Å². The summed E-state index contributed by atoms with van der Waals surface area (Å²) in [6, 6.07) is 5.53. The molecule has 5 nitrogen and oxygen atoms in total. The first kappa shape index (κ1) is 14.5. The van der Waals surface area contributed by atoms with E-state index in [0.29, 0.717) is 22.0 Å². The van der Waals surface area contributed by atoms with E-state index < -0.39 is 0 Å². The Morgan fingerprint density at radius 1 is 1.45 bits per heavy atom. The quantitative estimate of drug-likeness (QED) is 0.919. The standard InChI is InChI=1S/C14H18N4OS/c1-3-4-9-18(2)14(19)13-11(15)12(17-20-13)10-7-5-6-8-16-10/h5-8H,3-4,9,15H2,1-2H3. The zero-order chi connectivity index (χ0) is 14.5. The second-order valence-electron chi connectivity index (χ2n) is 4.57. The molecule has 0 unspecified atom stereocenters. The van der Waals surface area contributed by atoms with E-state index in [1.165, 1.54) is 0 Å². The van der Waals surface area contributed by atoms with Crippen LogP contribution in [0.3, 0.4) is 0 Å². The van der Waals surface area contributed by atoms with Gasteiger partial charge in [0.2, 0.25) is 0 Å². The number of hydrogen-bond donors (Lipinski definition) is 1. The summed E-state index contributed by atoms with van der Waals surface area (Å²) in [4.78, 5) is 18.7. The van der Waals surface area contributed by atoms with Crippen molar-refractivity contribution in [3.63, 3.8) is 0 Å². The Morgan fingerprint density at radius 2 is 2.25 bits per heavy atom. The van der Waals surface area contributed by atoms with Gasteiger partial charge in [-0.15, -0.1) is 0 Å². The van der Waals surface area contributed by atoms with Gasteiger partial charge in [-0.2, -0.15) is 4.37 Å². The number of nitrogens with zero attached hydrogens (tertiary/aromatic N) is 3. The van der Waals surface area contributed by atoms with Crippen molar-refractivity contribution in [1.82, 2.24) is 14.3 Å². The molecular weight excluding hydrogens is 272 g/mol. The number of rotatable bonds is 5. The molecule has 20 heavy (non-hydrogen) atoms. The number of pyridine rings is 1. The number of carbonyl (C=O) groups is 1. The van der Waals surface area contributed by atoms with Crippen LogP contribution in [-0.4, -0.2) is 33.8 Å². The Hall–Kier alpha value is -1.95.